The Labute approximate surface area is 409 Å². The van der Waals surface area contributed by atoms with Gasteiger partial charge in [-0.3, -0.25) is 11.8 Å². The molecular formula is C59H50Ag2P2+2. The van der Waals surface area contributed by atoms with Crippen molar-refractivity contribution in [1.29, 1.82) is 0 Å². The van der Waals surface area contributed by atoms with Crippen molar-refractivity contribution in [3.63, 3.8) is 0 Å². The summed E-state index contributed by atoms with van der Waals surface area (Å²) in [5.74, 6) is 6.18. The molecule has 8 aromatic carbocycles. The van der Waals surface area contributed by atoms with Crippen LogP contribution >= 0.6 is 15.8 Å². The first-order valence-corrected chi connectivity index (χ1v) is 24.4. The third-order valence-corrected chi connectivity index (χ3v) is 19.2. The van der Waals surface area contributed by atoms with Gasteiger partial charge in [-0.1, -0.05) is 161 Å². The summed E-state index contributed by atoms with van der Waals surface area (Å²) in [6.45, 7) is 9.02. The van der Waals surface area contributed by atoms with Gasteiger partial charge in [0, 0.05) is 10.8 Å². The summed E-state index contributed by atoms with van der Waals surface area (Å²) in [5.41, 5.74) is 12.3. The van der Waals surface area contributed by atoms with E-state index in [0.717, 1.165) is 11.1 Å². The van der Waals surface area contributed by atoms with Crippen LogP contribution in [0.1, 0.15) is 61.1 Å². The maximum Gasteiger partial charge on any atom is 1.00 e. The van der Waals surface area contributed by atoms with Gasteiger partial charge in [0.1, 0.15) is 37.1 Å². The van der Waals surface area contributed by atoms with Crippen LogP contribution in [0.2, 0.25) is 0 Å². The Kier molecular flexibility index (Phi) is 16.1. The first kappa shape index (κ1) is 47.7. The second kappa shape index (κ2) is 21.3. The molecule has 0 saturated carbocycles. The van der Waals surface area contributed by atoms with E-state index < -0.39 is 15.8 Å². The maximum atomic E-state index is 7.24. The molecule has 0 unspecified atom stereocenters. The summed E-state index contributed by atoms with van der Waals surface area (Å²) >= 11 is 0. The molecule has 2 aliphatic rings. The van der Waals surface area contributed by atoms with Crippen LogP contribution < -0.4 is 21.2 Å². The Morgan fingerprint density at radius 2 is 0.619 bits per heavy atom. The van der Waals surface area contributed by atoms with Crippen molar-refractivity contribution in [1.82, 2.24) is 0 Å². The average Bonchev–Trinajstić information content (AvgIpc) is 3.69. The van der Waals surface area contributed by atoms with Crippen LogP contribution in [0.5, 0.6) is 0 Å². The van der Waals surface area contributed by atoms with Crippen molar-refractivity contribution in [2.45, 2.75) is 38.5 Å². The van der Waals surface area contributed by atoms with Gasteiger partial charge in [0.05, 0.1) is 0 Å². The molecule has 316 valence electrons. The van der Waals surface area contributed by atoms with E-state index in [4.69, 9.17) is 12.8 Å². The zero-order valence-electron chi connectivity index (χ0n) is 35.9. The molecule has 0 nitrogen and oxygen atoms in total. The van der Waals surface area contributed by atoms with Crippen molar-refractivity contribution in [3.8, 4) is 34.1 Å². The first-order chi connectivity index (χ1) is 29.7. The van der Waals surface area contributed by atoms with Crippen molar-refractivity contribution < 1.29 is 44.8 Å². The molecule has 2 aliphatic carbocycles. The summed E-state index contributed by atoms with van der Waals surface area (Å²) in [4.78, 5) is 0. The molecule has 0 saturated heterocycles. The van der Waals surface area contributed by atoms with Crippen LogP contribution in [0.4, 0.5) is 0 Å². The smallest absolute Gasteiger partial charge is 0.366 e. The molecule has 0 amide bonds. The van der Waals surface area contributed by atoms with Gasteiger partial charge in [0.15, 0.2) is 5.90 Å². The van der Waals surface area contributed by atoms with Gasteiger partial charge in [0.2, 0.25) is 0 Å². The average molecular weight is 1040 g/mol. The van der Waals surface area contributed by atoms with E-state index in [9.17, 15) is 0 Å². The van der Waals surface area contributed by atoms with Gasteiger partial charge in [-0.25, -0.2) is 0 Å². The van der Waals surface area contributed by atoms with E-state index in [2.05, 4.69) is 234 Å². The van der Waals surface area contributed by atoms with Gasteiger partial charge >= 0.3 is 44.8 Å². The zero-order valence-corrected chi connectivity index (χ0v) is 40.9. The van der Waals surface area contributed by atoms with Crippen LogP contribution in [0.25, 0.3) is 22.3 Å². The normalized spacial score (nSPS) is 12.8. The Morgan fingerprint density at radius 3 is 0.921 bits per heavy atom. The first-order valence-electron chi connectivity index (χ1n) is 21.0. The molecular weight excluding hydrogens is 986 g/mol. The van der Waals surface area contributed by atoms with E-state index >= 15 is 0 Å². The number of hydrogen-bond acceptors (Lipinski definition) is 0. The number of benzene rings is 8. The Bertz CT molecular complexity index is 2580. The third-order valence-electron chi connectivity index (χ3n) is 12.3. The second-order valence-electron chi connectivity index (χ2n) is 16.7. The van der Waals surface area contributed by atoms with Gasteiger partial charge in [-0.2, -0.15) is 0 Å². The van der Waals surface area contributed by atoms with Crippen LogP contribution in [0.3, 0.4) is 0 Å². The summed E-state index contributed by atoms with van der Waals surface area (Å²) in [6, 6.07) is 73.8. The van der Waals surface area contributed by atoms with E-state index in [0.29, 0.717) is 0 Å². The van der Waals surface area contributed by atoms with Crippen molar-refractivity contribution in [3.05, 3.63) is 252 Å². The fourth-order valence-corrected chi connectivity index (χ4v) is 16.8. The fraction of sp³-hybridized carbons (Fsp3) is 0.119. The van der Waals surface area contributed by atoms with Crippen LogP contribution in [0.15, 0.2) is 206 Å². The molecule has 0 fully saturated rings. The predicted molar refractivity (Wildman–Crippen MR) is 266 cm³/mol. The topological polar surface area (TPSA) is 0 Å². The van der Waals surface area contributed by atoms with Crippen LogP contribution in [-0.2, 0) is 55.6 Å². The molecule has 4 heteroatoms. The van der Waals surface area contributed by atoms with Gasteiger partial charge < -0.3 is 12.8 Å². The van der Waals surface area contributed by atoms with E-state index in [1.54, 1.807) is 0 Å². The molecule has 0 N–H and O–H groups in total. The van der Waals surface area contributed by atoms with Gasteiger partial charge in [0.25, 0.3) is 0 Å². The monoisotopic (exact) mass is 1030 g/mol. The molecule has 10 rings (SSSR count). The summed E-state index contributed by atoms with van der Waals surface area (Å²) in [6.07, 6.45) is 14.5. The SMILES string of the molecule is [Ag+].[Ag+].[C-]#Cc1ccc2c(c1)-c1ccccc1C2(C)C.[C-]#Cc1ccc2c(c1)-c1ccccc1C2(C)C.c1ccc([PH+](C[PH+](c2ccccc2)c2ccccc2)c2ccccc2)cc1. The number of rotatable bonds is 6. The molecule has 0 aromatic heterocycles. The van der Waals surface area contributed by atoms with Gasteiger partial charge in [-0.05, 0) is 93.0 Å². The quantitative estimate of drug-likeness (QED) is 0.0674. The molecule has 0 atom stereocenters. The van der Waals surface area contributed by atoms with E-state index in [-0.39, 0.29) is 55.6 Å². The fourth-order valence-electron chi connectivity index (χ4n) is 9.07. The third kappa shape index (κ3) is 10.1. The van der Waals surface area contributed by atoms with Crippen molar-refractivity contribution >= 4 is 37.1 Å². The van der Waals surface area contributed by atoms with Crippen LogP contribution in [-0.4, -0.2) is 5.90 Å². The summed E-state index contributed by atoms with van der Waals surface area (Å²) in [5, 5.41) is 6.01. The zero-order chi connectivity index (χ0) is 42.4. The molecule has 0 heterocycles. The Morgan fingerprint density at radius 1 is 0.349 bits per heavy atom. The molecule has 8 aromatic rings. The summed E-state index contributed by atoms with van der Waals surface area (Å²) in [7, 11) is -1.69. The minimum Gasteiger partial charge on any atom is -0.366 e. The largest absolute Gasteiger partial charge is 1.00 e. The molecule has 0 bridgehead atoms. The van der Waals surface area contributed by atoms with E-state index in [1.807, 2.05) is 12.1 Å². The minimum atomic E-state index is -0.847. The Hall–Kier alpha value is -4.78. The molecule has 63 heavy (non-hydrogen) atoms. The minimum absolute atomic E-state index is 0. The molecule has 0 radical (unpaired) electrons. The molecule has 0 spiro atoms. The second-order valence-corrected chi connectivity index (χ2v) is 22.3. The maximum absolute atomic E-state index is 7.24. The van der Waals surface area contributed by atoms with Crippen LogP contribution in [0, 0.1) is 24.7 Å². The van der Waals surface area contributed by atoms with E-state index in [1.165, 1.54) is 71.6 Å². The van der Waals surface area contributed by atoms with Crippen molar-refractivity contribution in [2.24, 2.45) is 0 Å². The standard InChI is InChI=1S/C25H22P2.2C17H13.2Ag/c1-5-13-22(14-6-1)26(23-15-7-2-8-16-23)21-27(24-17-9-3-10-18-24)25-19-11-4-12-20-25;2*1-4-12-9-10-16-14(11-12)13-7-5-6-8-15(13)17(16,2)3;;/h1-20H,21H2;2*5-11H,2-3H3;;/q;2*-1;2*+1/p+2. The predicted octanol–water partition coefficient (Wildman–Crippen LogP) is 12.5. The number of fused-ring (bicyclic) bond motifs is 6. The summed E-state index contributed by atoms with van der Waals surface area (Å²) < 4.78 is 0. The van der Waals surface area contributed by atoms with Gasteiger partial charge in [-0.15, -0.1) is 35.4 Å². The van der Waals surface area contributed by atoms with Crippen molar-refractivity contribution in [2.75, 3.05) is 5.90 Å². The molecule has 0 aliphatic heterocycles. The number of hydrogen-bond donors (Lipinski definition) is 0. The Balaban J connectivity index is 0.000000161.